The molecule has 142 valence electrons. The molecule has 0 bridgehead atoms. The van der Waals surface area contributed by atoms with Crippen LogP contribution in [0.3, 0.4) is 0 Å². The number of ketones is 1. The first kappa shape index (κ1) is 18.5. The maximum absolute atomic E-state index is 12.8. The lowest BCUT2D eigenvalue weighted by Crippen LogP contribution is -2.16. The summed E-state index contributed by atoms with van der Waals surface area (Å²) in [4.78, 5) is 14.8. The molecule has 4 nitrogen and oxygen atoms in total. The summed E-state index contributed by atoms with van der Waals surface area (Å²) < 4.78 is 5.24. The van der Waals surface area contributed by atoms with Crippen LogP contribution in [0.4, 0.5) is 11.4 Å². The van der Waals surface area contributed by atoms with Gasteiger partial charge in [-0.05, 0) is 53.6 Å². The molecule has 0 saturated carbocycles. The third kappa shape index (κ3) is 3.49. The Morgan fingerprint density at radius 3 is 2.61 bits per heavy atom. The van der Waals surface area contributed by atoms with Crippen molar-refractivity contribution >= 4 is 28.8 Å². The number of nitrogens with zero attached hydrogens (tertiary/aromatic N) is 1. The molecule has 4 rings (SSSR count). The van der Waals surface area contributed by atoms with Crippen LogP contribution in [-0.4, -0.2) is 24.5 Å². The molecule has 0 fully saturated rings. The van der Waals surface area contributed by atoms with E-state index in [4.69, 9.17) is 16.3 Å². The molecule has 0 radical (unpaired) electrons. The molecule has 28 heavy (non-hydrogen) atoms. The van der Waals surface area contributed by atoms with Crippen molar-refractivity contribution < 1.29 is 14.6 Å². The molecule has 1 N–H and O–H groups in total. The molecule has 1 aliphatic rings. The van der Waals surface area contributed by atoms with Crippen LogP contribution < -0.4 is 9.64 Å². The zero-order chi connectivity index (χ0) is 19.7. The molecule has 1 unspecified atom stereocenters. The molecule has 0 aromatic heterocycles. The van der Waals surface area contributed by atoms with Crippen molar-refractivity contribution in [1.82, 2.24) is 0 Å². The van der Waals surface area contributed by atoms with Crippen LogP contribution in [0.2, 0.25) is 5.02 Å². The highest BCUT2D eigenvalue weighted by atomic mass is 35.5. The van der Waals surface area contributed by atoms with Crippen LogP contribution in [0.5, 0.6) is 5.75 Å². The second kappa shape index (κ2) is 7.66. The maximum atomic E-state index is 12.8. The number of anilines is 2. The molecule has 3 aromatic rings. The standard InChI is InChI=1S/C23H20ClNO3/c1-28-19-6-2-4-15(12-19)21(26)13-16-5-3-7-20-23(16)22(27)14-25(20)18-10-8-17(24)9-11-18/h2-12,21,26H,13-14H2,1H3. The Labute approximate surface area is 168 Å². The van der Waals surface area contributed by atoms with Crippen molar-refractivity contribution in [3.63, 3.8) is 0 Å². The van der Waals surface area contributed by atoms with Gasteiger partial charge in [0.15, 0.2) is 5.78 Å². The van der Waals surface area contributed by atoms with Gasteiger partial charge in [0.25, 0.3) is 0 Å². The van der Waals surface area contributed by atoms with Crippen LogP contribution in [0.1, 0.15) is 27.6 Å². The number of rotatable bonds is 5. The number of carbonyl (C=O) groups excluding carboxylic acids is 1. The van der Waals surface area contributed by atoms with Gasteiger partial charge in [-0.15, -0.1) is 0 Å². The summed E-state index contributed by atoms with van der Waals surface area (Å²) >= 11 is 5.99. The van der Waals surface area contributed by atoms with Crippen LogP contribution >= 0.6 is 11.6 Å². The topological polar surface area (TPSA) is 49.8 Å². The van der Waals surface area contributed by atoms with Crippen molar-refractivity contribution in [1.29, 1.82) is 0 Å². The minimum atomic E-state index is -0.723. The maximum Gasteiger partial charge on any atom is 0.184 e. The first-order valence-electron chi connectivity index (χ1n) is 9.07. The first-order valence-corrected chi connectivity index (χ1v) is 9.45. The lowest BCUT2D eigenvalue weighted by molar-refractivity contribution is 0.101. The van der Waals surface area contributed by atoms with Gasteiger partial charge in [0.1, 0.15) is 5.75 Å². The van der Waals surface area contributed by atoms with E-state index in [1.54, 1.807) is 7.11 Å². The number of halogens is 1. The summed E-state index contributed by atoms with van der Waals surface area (Å²) in [6, 6.07) is 20.6. The lowest BCUT2D eigenvalue weighted by atomic mass is 9.95. The number of ether oxygens (including phenoxy) is 1. The highest BCUT2D eigenvalue weighted by Gasteiger charge is 2.30. The van der Waals surface area contributed by atoms with E-state index in [1.165, 1.54) is 0 Å². The van der Waals surface area contributed by atoms with Crippen molar-refractivity contribution in [2.24, 2.45) is 0 Å². The fourth-order valence-corrected chi connectivity index (χ4v) is 3.76. The number of benzene rings is 3. The fourth-order valence-electron chi connectivity index (χ4n) is 3.64. The highest BCUT2D eigenvalue weighted by molar-refractivity contribution is 6.30. The van der Waals surface area contributed by atoms with Crippen molar-refractivity contribution in [2.75, 3.05) is 18.6 Å². The molecule has 3 aromatic carbocycles. The average molecular weight is 394 g/mol. The largest absolute Gasteiger partial charge is 0.497 e. The Hall–Kier alpha value is -2.82. The van der Waals surface area contributed by atoms with Crippen molar-refractivity contribution in [2.45, 2.75) is 12.5 Å². The Morgan fingerprint density at radius 2 is 1.86 bits per heavy atom. The Bertz CT molecular complexity index is 1020. The van der Waals surface area contributed by atoms with Crippen LogP contribution in [0.15, 0.2) is 66.7 Å². The van der Waals surface area contributed by atoms with Crippen molar-refractivity contribution in [3.05, 3.63) is 88.4 Å². The zero-order valence-corrected chi connectivity index (χ0v) is 16.2. The molecule has 0 spiro atoms. The minimum absolute atomic E-state index is 0.0541. The highest BCUT2D eigenvalue weighted by Crippen LogP contribution is 2.38. The molecule has 0 saturated heterocycles. The Kier molecular flexibility index (Phi) is 5.07. The summed E-state index contributed by atoms with van der Waals surface area (Å²) in [5.74, 6) is 0.748. The minimum Gasteiger partial charge on any atom is -0.497 e. The normalized spacial score (nSPS) is 14.1. The van der Waals surface area contributed by atoms with E-state index in [1.807, 2.05) is 71.6 Å². The van der Waals surface area contributed by atoms with Gasteiger partial charge in [0.2, 0.25) is 0 Å². The van der Waals surface area contributed by atoms with E-state index in [0.717, 1.165) is 22.5 Å². The van der Waals surface area contributed by atoms with Gasteiger partial charge >= 0.3 is 0 Å². The molecule has 1 atom stereocenters. The molecule has 0 amide bonds. The Morgan fingerprint density at radius 1 is 1.11 bits per heavy atom. The van der Waals surface area contributed by atoms with Crippen molar-refractivity contribution in [3.8, 4) is 5.75 Å². The average Bonchev–Trinajstić information content (AvgIpc) is 3.06. The SMILES string of the molecule is COc1cccc(C(O)Cc2cccc3c2C(=O)CN3c2ccc(Cl)cc2)c1. The van der Waals surface area contributed by atoms with Gasteiger partial charge < -0.3 is 14.7 Å². The van der Waals surface area contributed by atoms with E-state index in [-0.39, 0.29) is 12.3 Å². The van der Waals surface area contributed by atoms with Gasteiger partial charge in [-0.3, -0.25) is 4.79 Å². The van der Waals surface area contributed by atoms with E-state index >= 15 is 0 Å². The van der Waals surface area contributed by atoms with Crippen LogP contribution in [-0.2, 0) is 6.42 Å². The van der Waals surface area contributed by atoms with Crippen LogP contribution in [0.25, 0.3) is 0 Å². The third-order valence-electron chi connectivity index (χ3n) is 5.03. The quantitative estimate of drug-likeness (QED) is 0.665. The molecule has 1 heterocycles. The number of Topliss-reactive ketones (excluding diaryl/α,β-unsaturated/α-hetero) is 1. The zero-order valence-electron chi connectivity index (χ0n) is 15.4. The second-order valence-corrected chi connectivity index (χ2v) is 7.23. The third-order valence-corrected chi connectivity index (χ3v) is 5.28. The van der Waals surface area contributed by atoms with Gasteiger partial charge in [0.05, 0.1) is 25.4 Å². The lowest BCUT2D eigenvalue weighted by Gasteiger charge is -2.19. The number of aliphatic hydroxyl groups is 1. The number of hydrogen-bond donors (Lipinski definition) is 1. The second-order valence-electron chi connectivity index (χ2n) is 6.79. The molecule has 0 aliphatic carbocycles. The number of hydrogen-bond acceptors (Lipinski definition) is 4. The van der Waals surface area contributed by atoms with Crippen LogP contribution in [0, 0.1) is 0 Å². The number of fused-ring (bicyclic) bond motifs is 1. The number of carbonyl (C=O) groups is 1. The predicted octanol–water partition coefficient (Wildman–Crippen LogP) is 4.96. The van der Waals surface area contributed by atoms with Gasteiger partial charge in [-0.1, -0.05) is 35.9 Å². The van der Waals surface area contributed by atoms with E-state index in [2.05, 4.69) is 0 Å². The summed E-state index contributed by atoms with van der Waals surface area (Å²) in [5, 5.41) is 11.4. The van der Waals surface area contributed by atoms with E-state index in [9.17, 15) is 9.90 Å². The van der Waals surface area contributed by atoms with Gasteiger partial charge in [-0.25, -0.2) is 0 Å². The Balaban J connectivity index is 1.65. The monoisotopic (exact) mass is 393 g/mol. The molecule has 5 heteroatoms. The molecular weight excluding hydrogens is 374 g/mol. The van der Waals surface area contributed by atoms with E-state index < -0.39 is 6.10 Å². The predicted molar refractivity (Wildman–Crippen MR) is 111 cm³/mol. The van der Waals surface area contributed by atoms with E-state index in [0.29, 0.717) is 22.8 Å². The number of methoxy groups -OCH3 is 1. The first-order chi connectivity index (χ1) is 13.6. The van der Waals surface area contributed by atoms with Gasteiger partial charge in [-0.2, -0.15) is 0 Å². The summed E-state index contributed by atoms with van der Waals surface area (Å²) in [7, 11) is 1.60. The smallest absolute Gasteiger partial charge is 0.184 e. The summed E-state index contributed by atoms with van der Waals surface area (Å²) in [5.41, 5.74) is 4.07. The molecule has 1 aliphatic heterocycles. The summed E-state index contributed by atoms with van der Waals surface area (Å²) in [6.07, 6.45) is -0.365. The summed E-state index contributed by atoms with van der Waals surface area (Å²) in [6.45, 7) is 0.281. The van der Waals surface area contributed by atoms with Gasteiger partial charge in [0, 0.05) is 22.7 Å². The number of aliphatic hydroxyl groups excluding tert-OH is 1. The molecular formula is C23H20ClNO3. The fraction of sp³-hybridized carbons (Fsp3) is 0.174.